The second-order valence-corrected chi connectivity index (χ2v) is 5.71. The van der Waals surface area contributed by atoms with Crippen LogP contribution in [0.15, 0.2) is 18.2 Å². The predicted octanol–water partition coefficient (Wildman–Crippen LogP) is 1.56. The topological polar surface area (TPSA) is 94.1 Å². The van der Waals surface area contributed by atoms with Gasteiger partial charge in [0, 0.05) is 31.4 Å². The zero-order valence-corrected chi connectivity index (χ0v) is 13.9. The molecule has 1 aromatic carbocycles. The van der Waals surface area contributed by atoms with Gasteiger partial charge in [0.25, 0.3) is 5.91 Å². The Labute approximate surface area is 140 Å². The molecule has 1 amide bonds. The van der Waals surface area contributed by atoms with Crippen molar-refractivity contribution in [2.24, 2.45) is 11.8 Å². The Hall–Kier alpha value is -2.28. The number of hydrogen-bond acceptors (Lipinski definition) is 5. The summed E-state index contributed by atoms with van der Waals surface area (Å²) >= 11 is 0. The molecule has 7 heteroatoms. The molecule has 0 radical (unpaired) electrons. The van der Waals surface area contributed by atoms with Crippen molar-refractivity contribution >= 4 is 11.9 Å². The SMILES string of the molecule is COc1cc(OC)cc(C(=O)NCC(C(=O)O)C2CCOCC2)c1. The molecule has 2 N–H and O–H groups in total. The van der Waals surface area contributed by atoms with Gasteiger partial charge >= 0.3 is 5.97 Å². The summed E-state index contributed by atoms with van der Waals surface area (Å²) in [5, 5.41) is 12.1. The smallest absolute Gasteiger partial charge is 0.308 e. The minimum Gasteiger partial charge on any atom is -0.497 e. The van der Waals surface area contributed by atoms with Crippen LogP contribution >= 0.6 is 0 Å². The summed E-state index contributed by atoms with van der Waals surface area (Å²) in [6, 6.07) is 4.84. The van der Waals surface area contributed by atoms with E-state index in [1.807, 2.05) is 0 Å². The predicted molar refractivity (Wildman–Crippen MR) is 86.5 cm³/mol. The number of amides is 1. The van der Waals surface area contributed by atoms with Crippen LogP contribution in [0.2, 0.25) is 0 Å². The Bertz CT molecular complexity index is 560. The van der Waals surface area contributed by atoms with Crippen molar-refractivity contribution in [3.63, 3.8) is 0 Å². The minimum atomic E-state index is -0.898. The lowest BCUT2D eigenvalue weighted by atomic mass is 9.86. The first kappa shape index (κ1) is 18.1. The van der Waals surface area contributed by atoms with Crippen LogP contribution in [0.3, 0.4) is 0 Å². The first-order valence-electron chi connectivity index (χ1n) is 7.87. The molecule has 1 aromatic rings. The quantitative estimate of drug-likeness (QED) is 0.784. The fourth-order valence-corrected chi connectivity index (χ4v) is 2.82. The highest BCUT2D eigenvalue weighted by Gasteiger charge is 2.30. The molecule has 1 aliphatic heterocycles. The number of nitrogens with one attached hydrogen (secondary N) is 1. The van der Waals surface area contributed by atoms with Crippen LogP contribution in [-0.4, -0.2) is 51.0 Å². The van der Waals surface area contributed by atoms with Crippen LogP contribution in [0.4, 0.5) is 0 Å². The van der Waals surface area contributed by atoms with E-state index in [2.05, 4.69) is 5.32 Å². The zero-order valence-electron chi connectivity index (χ0n) is 13.9. The summed E-state index contributed by atoms with van der Waals surface area (Å²) in [5.74, 6) is -0.866. The Kier molecular flexibility index (Phi) is 6.43. The minimum absolute atomic E-state index is 0.0106. The summed E-state index contributed by atoms with van der Waals surface area (Å²) in [6.07, 6.45) is 1.39. The van der Waals surface area contributed by atoms with Gasteiger partial charge in [-0.25, -0.2) is 0 Å². The number of hydrogen-bond donors (Lipinski definition) is 2. The Morgan fingerprint density at radius 2 is 1.79 bits per heavy atom. The third kappa shape index (κ3) is 4.61. The van der Waals surface area contributed by atoms with E-state index in [1.165, 1.54) is 14.2 Å². The van der Waals surface area contributed by atoms with E-state index in [4.69, 9.17) is 14.2 Å². The first-order chi connectivity index (χ1) is 11.5. The third-order valence-corrected chi connectivity index (χ3v) is 4.25. The van der Waals surface area contributed by atoms with Crippen LogP contribution < -0.4 is 14.8 Å². The summed E-state index contributed by atoms with van der Waals surface area (Å²) in [4.78, 5) is 23.9. The molecule has 1 heterocycles. The molecule has 0 saturated carbocycles. The van der Waals surface area contributed by atoms with Gasteiger partial charge in [-0.05, 0) is 30.9 Å². The van der Waals surface area contributed by atoms with Gasteiger partial charge in [-0.1, -0.05) is 0 Å². The maximum atomic E-state index is 12.4. The van der Waals surface area contributed by atoms with Crippen LogP contribution in [0.25, 0.3) is 0 Å². The number of carboxylic acids is 1. The lowest BCUT2D eigenvalue weighted by Gasteiger charge is -2.27. The molecule has 1 atom stereocenters. The third-order valence-electron chi connectivity index (χ3n) is 4.25. The van der Waals surface area contributed by atoms with Crippen molar-refractivity contribution in [3.8, 4) is 11.5 Å². The molecule has 2 rings (SSSR count). The Morgan fingerprint density at radius 3 is 2.29 bits per heavy atom. The van der Waals surface area contributed by atoms with Crippen LogP contribution in [-0.2, 0) is 9.53 Å². The number of carbonyl (C=O) groups is 2. The highest BCUT2D eigenvalue weighted by atomic mass is 16.5. The van der Waals surface area contributed by atoms with Gasteiger partial charge in [0.05, 0.1) is 20.1 Å². The van der Waals surface area contributed by atoms with Crippen molar-refractivity contribution in [1.82, 2.24) is 5.32 Å². The van der Waals surface area contributed by atoms with E-state index in [0.717, 1.165) is 0 Å². The number of carboxylic acid groups (broad SMARTS) is 1. The summed E-state index contributed by atoms with van der Waals surface area (Å²) < 4.78 is 15.5. The average molecular weight is 337 g/mol. The normalized spacial score (nSPS) is 16.2. The van der Waals surface area contributed by atoms with Crippen molar-refractivity contribution in [2.75, 3.05) is 34.0 Å². The summed E-state index contributed by atoms with van der Waals surface area (Å²) in [6.45, 7) is 1.21. The van der Waals surface area contributed by atoms with Gasteiger partial charge < -0.3 is 24.6 Å². The van der Waals surface area contributed by atoms with Crippen LogP contribution in [0.1, 0.15) is 23.2 Å². The standard InChI is InChI=1S/C17H23NO6/c1-22-13-7-12(8-14(9-13)23-2)16(19)18-10-15(17(20)21)11-3-5-24-6-4-11/h7-9,11,15H,3-6,10H2,1-2H3,(H,18,19)(H,20,21). The number of aliphatic carboxylic acids is 1. The fourth-order valence-electron chi connectivity index (χ4n) is 2.82. The number of carbonyl (C=O) groups excluding carboxylic acids is 1. The molecule has 0 bridgehead atoms. The Balaban J connectivity index is 2.03. The fraction of sp³-hybridized carbons (Fsp3) is 0.529. The maximum Gasteiger partial charge on any atom is 0.308 e. The highest BCUT2D eigenvalue weighted by Crippen LogP contribution is 2.25. The van der Waals surface area contributed by atoms with Gasteiger partial charge in [-0.2, -0.15) is 0 Å². The average Bonchev–Trinajstić information content (AvgIpc) is 2.61. The molecule has 1 unspecified atom stereocenters. The second kappa shape index (κ2) is 8.54. The largest absolute Gasteiger partial charge is 0.497 e. The molecule has 24 heavy (non-hydrogen) atoms. The van der Waals surface area contributed by atoms with Crippen molar-refractivity contribution in [3.05, 3.63) is 23.8 Å². The Morgan fingerprint density at radius 1 is 1.21 bits per heavy atom. The zero-order chi connectivity index (χ0) is 17.5. The number of methoxy groups -OCH3 is 2. The monoisotopic (exact) mass is 337 g/mol. The molecule has 1 fully saturated rings. The number of benzene rings is 1. The lowest BCUT2D eigenvalue weighted by molar-refractivity contribution is -0.144. The van der Waals surface area contributed by atoms with E-state index < -0.39 is 11.9 Å². The molecule has 7 nitrogen and oxygen atoms in total. The molecular formula is C17H23NO6. The first-order valence-corrected chi connectivity index (χ1v) is 7.87. The number of rotatable bonds is 7. The molecule has 1 aliphatic rings. The molecule has 132 valence electrons. The summed E-state index contributed by atoms with van der Waals surface area (Å²) in [5.41, 5.74) is 0.363. The molecule has 0 aliphatic carbocycles. The highest BCUT2D eigenvalue weighted by molar-refractivity contribution is 5.95. The van der Waals surface area contributed by atoms with E-state index in [-0.39, 0.29) is 18.4 Å². The maximum absolute atomic E-state index is 12.4. The van der Waals surface area contributed by atoms with Crippen LogP contribution in [0.5, 0.6) is 11.5 Å². The molecule has 0 spiro atoms. The van der Waals surface area contributed by atoms with E-state index in [1.54, 1.807) is 18.2 Å². The molecule has 0 aromatic heterocycles. The van der Waals surface area contributed by atoms with E-state index >= 15 is 0 Å². The molecular weight excluding hydrogens is 314 g/mol. The van der Waals surface area contributed by atoms with E-state index in [9.17, 15) is 14.7 Å². The lowest BCUT2D eigenvalue weighted by Crippen LogP contribution is -2.39. The second-order valence-electron chi connectivity index (χ2n) is 5.71. The summed E-state index contributed by atoms with van der Waals surface area (Å²) in [7, 11) is 3.00. The van der Waals surface area contributed by atoms with Crippen LogP contribution in [0, 0.1) is 11.8 Å². The van der Waals surface area contributed by atoms with Gasteiger partial charge in [0.15, 0.2) is 0 Å². The van der Waals surface area contributed by atoms with Gasteiger partial charge in [0.2, 0.25) is 0 Å². The van der Waals surface area contributed by atoms with Gasteiger partial charge in [-0.15, -0.1) is 0 Å². The van der Waals surface area contributed by atoms with E-state index in [0.29, 0.717) is 43.1 Å². The van der Waals surface area contributed by atoms with Crippen molar-refractivity contribution < 1.29 is 28.9 Å². The molecule has 1 saturated heterocycles. The van der Waals surface area contributed by atoms with Crippen molar-refractivity contribution in [2.45, 2.75) is 12.8 Å². The van der Waals surface area contributed by atoms with Gasteiger partial charge in [-0.3, -0.25) is 9.59 Å². The van der Waals surface area contributed by atoms with Gasteiger partial charge in [0.1, 0.15) is 11.5 Å². The van der Waals surface area contributed by atoms with Crippen molar-refractivity contribution in [1.29, 1.82) is 0 Å². The number of ether oxygens (including phenoxy) is 3.